The molecule has 14 heavy (non-hydrogen) atoms. The molecule has 4 nitrogen and oxygen atoms in total. The summed E-state index contributed by atoms with van der Waals surface area (Å²) in [6.45, 7) is -0.379. The van der Waals surface area contributed by atoms with E-state index in [0.717, 1.165) is 6.07 Å². The van der Waals surface area contributed by atoms with Crippen molar-refractivity contribution in [2.24, 2.45) is 0 Å². The number of halogens is 1. The van der Waals surface area contributed by atoms with Gasteiger partial charge in [0.05, 0.1) is 12.2 Å². The number of carbonyl (C=O) groups excluding carboxylic acids is 1. The van der Waals surface area contributed by atoms with Gasteiger partial charge in [-0.15, -0.1) is 0 Å². The fourth-order valence-electron chi connectivity index (χ4n) is 1.28. The van der Waals surface area contributed by atoms with E-state index >= 15 is 0 Å². The van der Waals surface area contributed by atoms with E-state index in [1.165, 1.54) is 12.1 Å². The van der Waals surface area contributed by atoms with Gasteiger partial charge in [-0.3, -0.25) is 4.79 Å². The first-order chi connectivity index (χ1) is 6.53. The maximum atomic E-state index is 13.1. The quantitative estimate of drug-likeness (QED) is 0.686. The average Bonchev–Trinajstić information content (AvgIpc) is 2.13. The van der Waals surface area contributed by atoms with Gasteiger partial charge < -0.3 is 5.32 Å². The molecule has 0 atom stereocenters. The van der Waals surface area contributed by atoms with Crippen molar-refractivity contribution in [2.45, 2.75) is 4.90 Å². The Morgan fingerprint density at radius 1 is 1.36 bits per heavy atom. The van der Waals surface area contributed by atoms with Crippen LogP contribution in [0.2, 0.25) is 0 Å². The fraction of sp³-hybridized carbons (Fsp3) is 0.125. The van der Waals surface area contributed by atoms with Gasteiger partial charge in [0, 0.05) is 0 Å². The van der Waals surface area contributed by atoms with Crippen LogP contribution in [0.1, 0.15) is 0 Å². The molecule has 0 aliphatic carbocycles. The van der Waals surface area contributed by atoms with Gasteiger partial charge in [0.25, 0.3) is 5.12 Å². The molecular weight excluding hydrogens is 209 g/mol. The lowest BCUT2D eigenvalue weighted by Crippen LogP contribution is -2.30. The zero-order chi connectivity index (χ0) is 10.3. The molecule has 0 saturated heterocycles. The Bertz CT molecular complexity index is 509. The molecule has 1 aliphatic heterocycles. The maximum absolute atomic E-state index is 13.1. The molecule has 0 spiro atoms. The first kappa shape index (κ1) is 9.14. The molecule has 74 valence electrons. The summed E-state index contributed by atoms with van der Waals surface area (Å²) in [5, 5.41) is 1.50. The smallest absolute Gasteiger partial charge is 0.270 e. The number of carbonyl (C=O) groups is 1. The molecule has 1 aromatic carbocycles. The number of para-hydroxylation sites is 1. The molecule has 6 heteroatoms. The highest BCUT2D eigenvalue weighted by atomic mass is 32.2. The lowest BCUT2D eigenvalue weighted by atomic mass is 10.3. The first-order valence-corrected chi connectivity index (χ1v) is 5.32. The number of rotatable bonds is 0. The minimum absolute atomic E-state index is 0.118. The summed E-state index contributed by atoms with van der Waals surface area (Å²) < 4.78 is 35.9. The number of hydrogen-bond acceptors (Lipinski definition) is 4. The Morgan fingerprint density at radius 2 is 2.07 bits per heavy atom. The van der Waals surface area contributed by atoms with Crippen molar-refractivity contribution >= 4 is 20.6 Å². The third kappa shape index (κ3) is 1.11. The number of benzene rings is 1. The number of fused-ring (bicyclic) bond motifs is 1. The van der Waals surface area contributed by atoms with Crippen LogP contribution < -0.4 is 5.32 Å². The third-order valence-electron chi connectivity index (χ3n) is 1.97. The van der Waals surface area contributed by atoms with Crippen LogP contribution in [0.3, 0.4) is 0 Å². The van der Waals surface area contributed by atoms with Gasteiger partial charge in [0.2, 0.25) is 9.84 Å². The molecule has 0 bridgehead atoms. The van der Waals surface area contributed by atoms with E-state index in [9.17, 15) is 17.6 Å². The lowest BCUT2D eigenvalue weighted by Gasteiger charge is -2.17. The molecule has 1 N–H and O–H groups in total. The molecule has 0 fully saturated rings. The zero-order valence-corrected chi connectivity index (χ0v) is 7.77. The monoisotopic (exact) mass is 215 g/mol. The van der Waals surface area contributed by atoms with E-state index in [0.29, 0.717) is 0 Å². The molecule has 0 saturated carbocycles. The molecular formula is C8H6FNO3S. The molecule has 1 heterocycles. The molecule has 0 unspecified atom stereocenters. The fourth-order valence-corrected chi connectivity index (χ4v) is 2.48. The van der Waals surface area contributed by atoms with Crippen LogP contribution in [0.4, 0.5) is 10.1 Å². The maximum Gasteiger partial charge on any atom is 0.270 e. The molecule has 2 rings (SSSR count). The van der Waals surface area contributed by atoms with Crippen molar-refractivity contribution in [3.63, 3.8) is 0 Å². The van der Waals surface area contributed by atoms with Crippen LogP contribution in [0, 0.1) is 5.82 Å². The number of hydrogen-bond donors (Lipinski definition) is 1. The second-order valence-corrected chi connectivity index (χ2v) is 4.74. The van der Waals surface area contributed by atoms with Crippen molar-refractivity contribution in [1.82, 2.24) is 0 Å². The average molecular weight is 215 g/mol. The van der Waals surface area contributed by atoms with Gasteiger partial charge in [0.15, 0.2) is 0 Å². The molecule has 1 aromatic rings. The molecule has 0 radical (unpaired) electrons. The van der Waals surface area contributed by atoms with E-state index in [-0.39, 0.29) is 17.1 Å². The molecule has 0 amide bonds. The van der Waals surface area contributed by atoms with Crippen LogP contribution in [0.5, 0.6) is 0 Å². The first-order valence-electron chi connectivity index (χ1n) is 3.84. The summed E-state index contributed by atoms with van der Waals surface area (Å²) in [5.41, 5.74) is -0.118. The summed E-state index contributed by atoms with van der Waals surface area (Å²) in [4.78, 5) is 10.7. The minimum Gasteiger partial charge on any atom is -0.373 e. The number of sulfone groups is 1. The summed E-state index contributed by atoms with van der Waals surface area (Å²) in [6, 6.07) is 3.60. The van der Waals surface area contributed by atoms with Gasteiger partial charge >= 0.3 is 0 Å². The van der Waals surface area contributed by atoms with Crippen LogP contribution >= 0.6 is 0 Å². The Hall–Kier alpha value is -1.43. The second kappa shape index (κ2) is 2.78. The Balaban J connectivity index is 2.78. The second-order valence-electron chi connectivity index (χ2n) is 2.84. The summed E-state index contributed by atoms with van der Waals surface area (Å²) in [7, 11) is -3.98. The van der Waals surface area contributed by atoms with Crippen LogP contribution in [0.25, 0.3) is 0 Å². The standard InChI is InChI=1S/C8H6FNO3S/c9-5-2-1-3-6-8(5)10-4-7(11)14(6,12)13/h1-3,10H,4H2. The van der Waals surface area contributed by atoms with E-state index in [2.05, 4.69) is 5.32 Å². The van der Waals surface area contributed by atoms with Crippen molar-refractivity contribution in [2.75, 3.05) is 11.9 Å². The van der Waals surface area contributed by atoms with E-state index in [1.807, 2.05) is 0 Å². The molecule has 1 aliphatic rings. The van der Waals surface area contributed by atoms with Crippen LogP contribution in [-0.2, 0) is 14.6 Å². The normalized spacial score (nSPS) is 18.5. The van der Waals surface area contributed by atoms with E-state index < -0.39 is 20.8 Å². The molecule has 0 aromatic heterocycles. The van der Waals surface area contributed by atoms with E-state index in [1.54, 1.807) is 0 Å². The van der Waals surface area contributed by atoms with Gasteiger partial charge in [0.1, 0.15) is 10.7 Å². The van der Waals surface area contributed by atoms with Crippen molar-refractivity contribution in [3.05, 3.63) is 24.0 Å². The third-order valence-corrected chi connectivity index (χ3v) is 3.64. The van der Waals surface area contributed by atoms with Crippen LogP contribution in [0.15, 0.2) is 23.1 Å². The lowest BCUT2D eigenvalue weighted by molar-refractivity contribution is -0.110. The van der Waals surface area contributed by atoms with E-state index in [4.69, 9.17) is 0 Å². The summed E-state index contributed by atoms with van der Waals surface area (Å²) in [6.07, 6.45) is 0. The highest BCUT2D eigenvalue weighted by molar-refractivity contribution is 8.06. The number of nitrogens with one attached hydrogen (secondary N) is 1. The highest BCUT2D eigenvalue weighted by Gasteiger charge is 2.32. The van der Waals surface area contributed by atoms with Crippen molar-refractivity contribution in [3.8, 4) is 0 Å². The largest absolute Gasteiger partial charge is 0.373 e. The van der Waals surface area contributed by atoms with Gasteiger partial charge in [-0.2, -0.15) is 0 Å². The van der Waals surface area contributed by atoms with Crippen LogP contribution in [-0.4, -0.2) is 20.1 Å². The topological polar surface area (TPSA) is 63.2 Å². The Morgan fingerprint density at radius 3 is 2.79 bits per heavy atom. The predicted molar refractivity (Wildman–Crippen MR) is 47.1 cm³/mol. The van der Waals surface area contributed by atoms with Gasteiger partial charge in [-0.1, -0.05) is 6.07 Å². The van der Waals surface area contributed by atoms with Gasteiger partial charge in [-0.05, 0) is 12.1 Å². The Kier molecular flexibility index (Phi) is 1.81. The van der Waals surface area contributed by atoms with Crippen molar-refractivity contribution < 1.29 is 17.6 Å². The predicted octanol–water partition coefficient (Wildman–Crippen LogP) is 0.551. The summed E-state index contributed by atoms with van der Waals surface area (Å²) >= 11 is 0. The van der Waals surface area contributed by atoms with Crippen molar-refractivity contribution in [1.29, 1.82) is 0 Å². The number of anilines is 1. The minimum atomic E-state index is -3.98. The summed E-state index contributed by atoms with van der Waals surface area (Å²) in [5.74, 6) is -0.668. The zero-order valence-electron chi connectivity index (χ0n) is 6.95. The Labute approximate surface area is 79.7 Å². The SMILES string of the molecule is O=C1CNc2c(F)cccc2S1(=O)=O. The van der Waals surface area contributed by atoms with Gasteiger partial charge in [-0.25, -0.2) is 12.8 Å². The highest BCUT2D eigenvalue weighted by Crippen LogP contribution is 2.28.